The maximum absolute atomic E-state index is 15.2. The van der Waals surface area contributed by atoms with Crippen molar-refractivity contribution < 1.29 is 163 Å². The first-order valence-corrected chi connectivity index (χ1v) is 34.3. The fourth-order valence-electron chi connectivity index (χ4n) is 19.0. The summed E-state index contributed by atoms with van der Waals surface area (Å²) in [7, 11) is 0. The van der Waals surface area contributed by atoms with Gasteiger partial charge in [-0.1, -0.05) is 60.1 Å². The Morgan fingerprint density at radius 3 is 1.44 bits per heavy atom. The van der Waals surface area contributed by atoms with Crippen LogP contribution < -0.4 is 0 Å². The number of aliphatic hydroxyl groups is 18. The average molecular weight is 1410 g/mol. The molecule has 19 N–H and O–H groups in total. The molecule has 33 nitrogen and oxygen atoms in total. The minimum atomic E-state index is -2.16. The predicted molar refractivity (Wildman–Crippen MR) is 323 cm³/mol. The number of aliphatic carboxylic acids is 1. The summed E-state index contributed by atoms with van der Waals surface area (Å²) >= 11 is 0. The van der Waals surface area contributed by atoms with Crippen molar-refractivity contribution in [1.82, 2.24) is 0 Å². The summed E-state index contributed by atoms with van der Waals surface area (Å²) in [4.78, 5) is 28.5. The summed E-state index contributed by atoms with van der Waals surface area (Å²) in [5.41, 5.74) is -2.24. The van der Waals surface area contributed by atoms with Gasteiger partial charge in [-0.3, -0.25) is 4.79 Å². The average Bonchev–Trinajstić information content (AvgIpc) is 0.718. The summed E-state index contributed by atoms with van der Waals surface area (Å²) in [6.45, 7) is 11.6. The van der Waals surface area contributed by atoms with Gasteiger partial charge in [0.2, 0.25) is 6.29 Å². The van der Waals surface area contributed by atoms with Crippen molar-refractivity contribution in [3.63, 3.8) is 0 Å². The van der Waals surface area contributed by atoms with E-state index in [0.29, 0.717) is 64.2 Å². The molecule has 0 radical (unpaired) electrons. The van der Waals surface area contributed by atoms with Crippen molar-refractivity contribution in [1.29, 1.82) is 0 Å². The summed E-state index contributed by atoms with van der Waals surface area (Å²) in [5, 5.41) is 204. The quantitative estimate of drug-likeness (QED) is 0.0346. The van der Waals surface area contributed by atoms with Crippen LogP contribution in [-0.2, 0) is 66.4 Å². The molecule has 4 saturated carbocycles. The molecule has 6 saturated heterocycles. The molecule has 6 aliphatic heterocycles. The molecule has 33 heteroatoms. The third kappa shape index (κ3) is 13.2. The van der Waals surface area contributed by atoms with Crippen molar-refractivity contribution in [2.75, 3.05) is 33.0 Å². The van der Waals surface area contributed by atoms with Crippen LogP contribution in [0.2, 0.25) is 0 Å². The highest BCUT2D eigenvalue weighted by atomic mass is 16.8. The Kier molecular flexibility index (Phi) is 22.5. The molecule has 0 aromatic heterocycles. The van der Waals surface area contributed by atoms with Gasteiger partial charge in [-0.15, -0.1) is 0 Å². The molecule has 5 aliphatic carbocycles. The van der Waals surface area contributed by atoms with E-state index < -0.39 is 251 Å². The van der Waals surface area contributed by atoms with Gasteiger partial charge in [0.25, 0.3) is 0 Å². The summed E-state index contributed by atoms with van der Waals surface area (Å²) in [6.07, 6.45) is -45.3. The van der Waals surface area contributed by atoms with E-state index in [-0.39, 0.29) is 28.6 Å². The normalized spacial score (nSPS) is 53.1. The predicted octanol–water partition coefficient (Wildman–Crippen LogP) is -5.66. The van der Waals surface area contributed by atoms with Gasteiger partial charge in [0, 0.05) is 0 Å². The highest BCUT2D eigenvalue weighted by Gasteiger charge is 2.71. The number of carbonyl (C=O) groups is 2. The van der Waals surface area contributed by atoms with Crippen LogP contribution >= 0.6 is 0 Å². The van der Waals surface area contributed by atoms with E-state index in [1.54, 1.807) is 0 Å². The van der Waals surface area contributed by atoms with Gasteiger partial charge < -0.3 is 154 Å². The number of hydrogen-bond acceptors (Lipinski definition) is 32. The van der Waals surface area contributed by atoms with E-state index in [4.69, 9.17) is 56.8 Å². The van der Waals surface area contributed by atoms with Crippen LogP contribution in [0.3, 0.4) is 0 Å². The molecule has 0 bridgehead atoms. The second-order valence-corrected chi connectivity index (χ2v) is 31.5. The van der Waals surface area contributed by atoms with E-state index in [1.807, 2.05) is 13.8 Å². The molecule has 11 aliphatic rings. The molecular weight excluding hydrogens is 1310 g/mol. The Hall–Kier alpha value is -2.48. The maximum atomic E-state index is 15.2. The summed E-state index contributed by atoms with van der Waals surface area (Å²) in [6, 6.07) is 0. The topological polar surface area (TPSA) is 529 Å². The van der Waals surface area contributed by atoms with Crippen molar-refractivity contribution in [3.05, 3.63) is 11.6 Å². The van der Waals surface area contributed by atoms with Crippen LogP contribution in [0.25, 0.3) is 0 Å². The Bertz CT molecular complexity index is 2800. The molecule has 6 heterocycles. The van der Waals surface area contributed by atoms with Gasteiger partial charge in [0.1, 0.15) is 134 Å². The minimum absolute atomic E-state index is 0.0409. The molecule has 0 aromatic rings. The SMILES string of the molecule is CC1(C)CC[C@]2(C(=O)O[C@@H]3O[C@H](CO[C@@H]4O[C@H](CO)[C@@H](O)[C@H](O)[C@H]4O)[C@@H](O)[C@H](O)[C@H]3O)CC[C@]3(C)C(=CC[C@@H]4[C@@]5(C)CC[C@H](O[C@@H]6O[C@H](C(=O)O)[C@@H](O[C@@H]7O[C@@H](CO)[C@H](O)[C@H]7O)[C@H](O)[C@H]6O[C@@H]6O[C@H](CO[C@@H]7O[C@H](CO)[C@@H](O)[C@H](O)[C@H]7O)[C@@H](O)[C@H](O)[C@H]6O)C(C)(C)[C@@H]5CC[C@]43C)[C@@H]2C1. The molecule has 0 aromatic carbocycles. The van der Waals surface area contributed by atoms with Gasteiger partial charge in [-0.05, 0) is 109 Å². The Morgan fingerprint density at radius 1 is 0.459 bits per heavy atom. The van der Waals surface area contributed by atoms with Crippen LogP contribution in [0.5, 0.6) is 0 Å². The third-order valence-corrected chi connectivity index (χ3v) is 25.2. The van der Waals surface area contributed by atoms with Crippen LogP contribution in [0.4, 0.5) is 0 Å². The van der Waals surface area contributed by atoms with Gasteiger partial charge in [-0.2, -0.15) is 0 Å². The van der Waals surface area contributed by atoms with Gasteiger partial charge in [0.05, 0.1) is 44.6 Å². The number of allylic oxidation sites excluding steroid dienone is 2. The minimum Gasteiger partial charge on any atom is -0.479 e. The third-order valence-electron chi connectivity index (χ3n) is 25.2. The Labute approximate surface area is 565 Å². The second kappa shape index (κ2) is 28.8. The van der Waals surface area contributed by atoms with Gasteiger partial charge in [0.15, 0.2) is 37.6 Å². The highest BCUT2D eigenvalue weighted by molar-refractivity contribution is 5.79. The molecule has 10 fully saturated rings. The van der Waals surface area contributed by atoms with Gasteiger partial charge in [-0.25, -0.2) is 4.79 Å². The highest BCUT2D eigenvalue weighted by Crippen LogP contribution is 2.76. The lowest BCUT2D eigenvalue weighted by atomic mass is 9.33. The number of carboxylic acid groups (broad SMARTS) is 1. The zero-order chi connectivity index (χ0) is 71.6. The first kappa shape index (κ1) is 76.6. The van der Waals surface area contributed by atoms with Crippen molar-refractivity contribution in [3.8, 4) is 0 Å². The fourth-order valence-corrected chi connectivity index (χ4v) is 19.0. The number of carboxylic acids is 1. The number of aliphatic hydroxyl groups excluding tert-OH is 18. The first-order chi connectivity index (χ1) is 45.9. The molecule has 562 valence electrons. The number of esters is 1. The molecule has 98 heavy (non-hydrogen) atoms. The van der Waals surface area contributed by atoms with E-state index >= 15 is 4.79 Å². The Morgan fingerprint density at radius 2 is 0.908 bits per heavy atom. The lowest BCUT2D eigenvalue weighted by Gasteiger charge is -2.71. The number of fused-ring (bicyclic) bond motifs is 7. The zero-order valence-electron chi connectivity index (χ0n) is 55.9. The van der Waals surface area contributed by atoms with E-state index in [1.165, 1.54) is 0 Å². The standard InChI is InChI=1S/C65H104O33/c1-60(2)14-16-65(59(86)98-57-47(82)42(77)38(73)30(93-57)23-88-54-45(80)40(75)35(70)27(20-67)90-54)17-15-63(6)24(25(65)18-60)8-9-32-62(5)12-11-33(61(3,4)31(62)10-13-64(32,63)7)94-58-50(48(83)49(51(97-58)52(84)85)95-55-43(78)36(71)28(21-68)91-55)96-56-46(81)41(76)37(72)29(92-56)22-87-53-44(79)39(74)34(69)26(19-66)89-53/h8,25-51,53-58,66-83H,9-23H2,1-7H3,(H,84,85)/t25-,26+,27+,28-,29+,30+,31-,32+,33-,34+,35+,36-,37+,38+,39-,40-,41-,42-,43+,44+,45+,46+,47+,48-,49-,50+,51-,53+,54+,55-,56-,57-,58+,62-,63+,64+,65-/m0/s1. The maximum Gasteiger partial charge on any atom is 0.335 e. The molecular formula is C65H104O33. The first-order valence-electron chi connectivity index (χ1n) is 34.3. The van der Waals surface area contributed by atoms with Crippen molar-refractivity contribution in [2.45, 2.75) is 297 Å². The van der Waals surface area contributed by atoms with Crippen LogP contribution in [0.15, 0.2) is 11.6 Å². The number of rotatable bonds is 18. The fraction of sp³-hybridized carbons (Fsp3) is 0.938. The van der Waals surface area contributed by atoms with Crippen LogP contribution in [0, 0.1) is 50.2 Å². The largest absolute Gasteiger partial charge is 0.479 e. The van der Waals surface area contributed by atoms with Crippen molar-refractivity contribution in [2.24, 2.45) is 50.2 Å². The smallest absolute Gasteiger partial charge is 0.335 e. The van der Waals surface area contributed by atoms with Gasteiger partial charge >= 0.3 is 11.9 Å². The van der Waals surface area contributed by atoms with E-state index in [2.05, 4.69) is 40.7 Å². The van der Waals surface area contributed by atoms with E-state index in [9.17, 15) is 102 Å². The Balaban J connectivity index is 0.828. The van der Waals surface area contributed by atoms with Crippen molar-refractivity contribution >= 4 is 11.9 Å². The molecule has 0 unspecified atom stereocenters. The molecule has 11 rings (SSSR count). The van der Waals surface area contributed by atoms with Crippen LogP contribution in [0.1, 0.15) is 113 Å². The number of carbonyl (C=O) groups excluding carboxylic acids is 1. The summed E-state index contributed by atoms with van der Waals surface area (Å²) in [5.74, 6) is -2.74. The molecule has 0 spiro atoms. The summed E-state index contributed by atoms with van der Waals surface area (Å²) < 4.78 is 71.1. The lowest BCUT2D eigenvalue weighted by molar-refractivity contribution is -0.385. The van der Waals surface area contributed by atoms with Crippen LogP contribution in [-0.4, -0.2) is 326 Å². The second-order valence-electron chi connectivity index (χ2n) is 31.5. The molecule has 37 atom stereocenters. The lowest BCUT2D eigenvalue weighted by Crippen LogP contribution is -2.68. The number of hydrogen-bond donors (Lipinski definition) is 19. The van der Waals surface area contributed by atoms with E-state index in [0.717, 1.165) is 5.57 Å². The molecule has 0 amide bonds. The monoisotopic (exact) mass is 1410 g/mol. The number of ether oxygens (including phenoxy) is 12. The zero-order valence-corrected chi connectivity index (χ0v) is 55.9.